The van der Waals surface area contributed by atoms with Crippen LogP contribution in [0.5, 0.6) is 0 Å². The number of nitrogens with one attached hydrogen (secondary N) is 1. The van der Waals surface area contributed by atoms with Crippen molar-refractivity contribution in [1.82, 2.24) is 9.97 Å². The number of aryl methyl sites for hydroxylation is 1. The summed E-state index contributed by atoms with van der Waals surface area (Å²) >= 11 is 0. The van der Waals surface area contributed by atoms with Crippen LogP contribution < -0.4 is 5.32 Å². The molecule has 0 saturated heterocycles. The summed E-state index contributed by atoms with van der Waals surface area (Å²) in [5.41, 5.74) is 2.89. The maximum absolute atomic E-state index is 4.77. The molecular formula is C16H27N3. The van der Waals surface area contributed by atoms with E-state index in [1.165, 1.54) is 31.2 Å². The number of hydrogen-bond acceptors (Lipinski definition) is 3. The van der Waals surface area contributed by atoms with Gasteiger partial charge in [0.15, 0.2) is 0 Å². The first-order chi connectivity index (χ1) is 8.96. The van der Waals surface area contributed by atoms with Crippen molar-refractivity contribution < 1.29 is 0 Å². The summed E-state index contributed by atoms with van der Waals surface area (Å²) in [6.07, 6.45) is 6.00. The van der Waals surface area contributed by atoms with E-state index in [1.54, 1.807) is 0 Å². The lowest BCUT2D eigenvalue weighted by Crippen LogP contribution is -2.22. The van der Waals surface area contributed by atoms with E-state index in [9.17, 15) is 0 Å². The minimum absolute atomic E-state index is 0.501. The van der Waals surface area contributed by atoms with Gasteiger partial charge in [0.05, 0.1) is 0 Å². The van der Waals surface area contributed by atoms with Crippen LogP contribution in [0.4, 0.5) is 5.82 Å². The van der Waals surface area contributed by atoms with Crippen molar-refractivity contribution in [2.75, 3.05) is 12.4 Å². The molecule has 1 aromatic rings. The summed E-state index contributed by atoms with van der Waals surface area (Å²) in [6.45, 7) is 9.01. The summed E-state index contributed by atoms with van der Waals surface area (Å²) in [5, 5.41) is 3.23. The van der Waals surface area contributed by atoms with Crippen molar-refractivity contribution in [1.29, 1.82) is 0 Å². The fourth-order valence-corrected chi connectivity index (χ4v) is 3.09. The predicted octanol–water partition coefficient (Wildman–Crippen LogP) is 4.07. The second-order valence-electron chi connectivity index (χ2n) is 6.54. The third-order valence-corrected chi connectivity index (χ3v) is 4.53. The second-order valence-corrected chi connectivity index (χ2v) is 6.54. The number of aromatic nitrogens is 2. The first kappa shape index (κ1) is 14.3. The Morgan fingerprint density at radius 1 is 1.21 bits per heavy atom. The summed E-state index contributed by atoms with van der Waals surface area (Å²) in [6, 6.07) is 0. The van der Waals surface area contributed by atoms with Gasteiger partial charge in [0.25, 0.3) is 0 Å². The number of nitrogens with zero attached hydrogens (tertiary/aromatic N) is 2. The minimum Gasteiger partial charge on any atom is -0.373 e. The minimum atomic E-state index is 0.501. The lowest BCUT2D eigenvalue weighted by Gasteiger charge is -2.33. The van der Waals surface area contributed by atoms with E-state index in [1.807, 2.05) is 7.05 Å². The van der Waals surface area contributed by atoms with Crippen molar-refractivity contribution in [3.63, 3.8) is 0 Å². The molecule has 0 unspecified atom stereocenters. The third kappa shape index (κ3) is 3.07. The van der Waals surface area contributed by atoms with Crippen molar-refractivity contribution in [2.45, 2.75) is 65.7 Å². The van der Waals surface area contributed by atoms with E-state index < -0.39 is 0 Å². The van der Waals surface area contributed by atoms with Crippen LogP contribution >= 0.6 is 0 Å². The Bertz CT molecular complexity index is 442. The summed E-state index contributed by atoms with van der Waals surface area (Å²) in [7, 11) is 1.95. The molecule has 1 N–H and O–H groups in total. The molecular weight excluding hydrogens is 234 g/mol. The largest absolute Gasteiger partial charge is 0.373 e. The lowest BCUT2D eigenvalue weighted by molar-refractivity contribution is 0.220. The molecule has 106 valence electrons. The highest BCUT2D eigenvalue weighted by atomic mass is 15.0. The average Bonchev–Trinajstić information content (AvgIpc) is 2.37. The standard InChI is InChI=1S/C16H27N3/c1-6-13-11(2)18-14(19-15(13)17-5)12-7-9-16(3,4)10-8-12/h12H,6-10H2,1-5H3,(H,17,18,19). The molecule has 19 heavy (non-hydrogen) atoms. The lowest BCUT2D eigenvalue weighted by atomic mass is 9.73. The van der Waals surface area contributed by atoms with Crippen molar-refractivity contribution in [3.8, 4) is 0 Å². The Morgan fingerprint density at radius 2 is 1.84 bits per heavy atom. The van der Waals surface area contributed by atoms with Crippen LogP contribution in [-0.2, 0) is 6.42 Å². The molecule has 0 radical (unpaired) electrons. The molecule has 3 heteroatoms. The summed E-state index contributed by atoms with van der Waals surface area (Å²) in [4.78, 5) is 9.54. The maximum Gasteiger partial charge on any atom is 0.134 e. The normalized spacial score (nSPS) is 19.4. The van der Waals surface area contributed by atoms with Crippen LogP contribution in [0.15, 0.2) is 0 Å². The number of rotatable bonds is 3. The molecule has 2 rings (SSSR count). The fraction of sp³-hybridized carbons (Fsp3) is 0.750. The molecule has 1 aliphatic rings. The van der Waals surface area contributed by atoms with Gasteiger partial charge in [-0.05, 0) is 44.4 Å². The smallest absolute Gasteiger partial charge is 0.134 e. The van der Waals surface area contributed by atoms with Gasteiger partial charge in [-0.25, -0.2) is 9.97 Å². The van der Waals surface area contributed by atoms with Gasteiger partial charge in [-0.15, -0.1) is 0 Å². The number of anilines is 1. The Labute approximate surface area is 117 Å². The molecule has 1 heterocycles. The average molecular weight is 261 g/mol. The Hall–Kier alpha value is -1.12. The SMILES string of the molecule is CCc1c(C)nc(C2CCC(C)(C)CC2)nc1NC. The van der Waals surface area contributed by atoms with Crippen LogP contribution in [0.25, 0.3) is 0 Å². The van der Waals surface area contributed by atoms with E-state index in [0.29, 0.717) is 11.3 Å². The molecule has 0 bridgehead atoms. The van der Waals surface area contributed by atoms with Gasteiger partial charge in [-0.2, -0.15) is 0 Å². The molecule has 1 fully saturated rings. The highest BCUT2D eigenvalue weighted by Gasteiger charge is 2.29. The van der Waals surface area contributed by atoms with Gasteiger partial charge in [-0.1, -0.05) is 20.8 Å². The Morgan fingerprint density at radius 3 is 2.37 bits per heavy atom. The molecule has 0 aliphatic heterocycles. The van der Waals surface area contributed by atoms with Gasteiger partial charge in [0.1, 0.15) is 11.6 Å². The highest BCUT2D eigenvalue weighted by Crippen LogP contribution is 2.41. The first-order valence-electron chi connectivity index (χ1n) is 7.52. The predicted molar refractivity (Wildman–Crippen MR) is 80.7 cm³/mol. The molecule has 0 spiro atoms. The van der Waals surface area contributed by atoms with Gasteiger partial charge < -0.3 is 5.32 Å². The van der Waals surface area contributed by atoms with Crippen LogP contribution in [0.1, 0.15) is 69.5 Å². The third-order valence-electron chi connectivity index (χ3n) is 4.53. The summed E-state index contributed by atoms with van der Waals surface area (Å²) < 4.78 is 0. The molecule has 0 amide bonds. The van der Waals surface area contributed by atoms with Crippen molar-refractivity contribution in [2.24, 2.45) is 5.41 Å². The second kappa shape index (κ2) is 5.48. The first-order valence-corrected chi connectivity index (χ1v) is 7.52. The highest BCUT2D eigenvalue weighted by molar-refractivity contribution is 5.46. The van der Waals surface area contributed by atoms with Crippen LogP contribution in [0.3, 0.4) is 0 Å². The van der Waals surface area contributed by atoms with E-state index in [0.717, 1.165) is 23.8 Å². The van der Waals surface area contributed by atoms with E-state index in [-0.39, 0.29) is 0 Å². The van der Waals surface area contributed by atoms with Gasteiger partial charge >= 0.3 is 0 Å². The molecule has 3 nitrogen and oxygen atoms in total. The molecule has 1 saturated carbocycles. The molecule has 1 aromatic heterocycles. The fourth-order valence-electron chi connectivity index (χ4n) is 3.09. The van der Waals surface area contributed by atoms with Crippen LogP contribution in [0.2, 0.25) is 0 Å². The van der Waals surface area contributed by atoms with Crippen LogP contribution in [0, 0.1) is 12.3 Å². The Kier molecular flexibility index (Phi) is 4.12. The zero-order valence-corrected chi connectivity index (χ0v) is 13.0. The molecule has 0 aromatic carbocycles. The van der Waals surface area contributed by atoms with Crippen LogP contribution in [-0.4, -0.2) is 17.0 Å². The topological polar surface area (TPSA) is 37.8 Å². The van der Waals surface area contributed by atoms with E-state index >= 15 is 0 Å². The van der Waals surface area contributed by atoms with E-state index in [4.69, 9.17) is 9.97 Å². The number of hydrogen-bond donors (Lipinski definition) is 1. The zero-order valence-electron chi connectivity index (χ0n) is 13.0. The zero-order chi connectivity index (χ0) is 14.0. The Balaban J connectivity index is 2.24. The van der Waals surface area contributed by atoms with Crippen molar-refractivity contribution in [3.05, 3.63) is 17.1 Å². The summed E-state index contributed by atoms with van der Waals surface area (Å²) in [5.74, 6) is 2.62. The van der Waals surface area contributed by atoms with E-state index in [2.05, 4.69) is 33.0 Å². The maximum atomic E-state index is 4.77. The molecule has 0 atom stereocenters. The quantitative estimate of drug-likeness (QED) is 0.891. The van der Waals surface area contributed by atoms with Gasteiger partial charge in [0, 0.05) is 24.2 Å². The molecule has 1 aliphatic carbocycles. The van der Waals surface area contributed by atoms with Gasteiger partial charge in [-0.3, -0.25) is 0 Å². The van der Waals surface area contributed by atoms with Crippen molar-refractivity contribution >= 4 is 5.82 Å². The monoisotopic (exact) mass is 261 g/mol. The van der Waals surface area contributed by atoms with Gasteiger partial charge in [0.2, 0.25) is 0 Å².